The van der Waals surface area contributed by atoms with Crippen LogP contribution in [0.15, 0.2) is 125 Å². The summed E-state index contributed by atoms with van der Waals surface area (Å²) >= 11 is 12.5. The molecular weight excluding hydrogens is 593 g/mol. The lowest BCUT2D eigenvalue weighted by atomic mass is 10.1. The second-order valence-corrected chi connectivity index (χ2v) is 11.8. The number of ether oxygens (including phenoxy) is 1. The van der Waals surface area contributed by atoms with E-state index in [1.54, 1.807) is 36.4 Å². The van der Waals surface area contributed by atoms with E-state index >= 15 is 0 Å². The molecule has 10 heteroatoms. The molecule has 0 bridgehead atoms. The van der Waals surface area contributed by atoms with Gasteiger partial charge in [-0.25, -0.2) is 13.8 Å². The van der Waals surface area contributed by atoms with Crippen molar-refractivity contribution in [3.05, 3.63) is 136 Å². The number of nitrogens with zero attached hydrogens (tertiary/aromatic N) is 2. The first kappa shape index (κ1) is 29.1. The minimum absolute atomic E-state index is 0.0000956. The quantitative estimate of drug-likeness (QED) is 0.134. The molecule has 0 fully saturated rings. The van der Waals surface area contributed by atoms with Gasteiger partial charge >= 0.3 is 0 Å². The molecule has 0 aliphatic rings. The van der Waals surface area contributed by atoms with Crippen molar-refractivity contribution in [2.75, 3.05) is 10.8 Å². The van der Waals surface area contributed by atoms with E-state index in [1.807, 2.05) is 36.4 Å². The predicted octanol–water partition coefficient (Wildman–Crippen LogP) is 7.07. The van der Waals surface area contributed by atoms with Gasteiger partial charge in [-0.15, -0.1) is 0 Å². The maximum atomic E-state index is 13.5. The Morgan fingerprint density at radius 2 is 1.52 bits per heavy atom. The molecule has 0 aliphatic heterocycles. The van der Waals surface area contributed by atoms with Crippen molar-refractivity contribution in [3.8, 4) is 5.75 Å². The second kappa shape index (κ2) is 13.1. The summed E-state index contributed by atoms with van der Waals surface area (Å²) in [5.74, 6) is 0.0149. The van der Waals surface area contributed by atoms with Crippen LogP contribution in [0.5, 0.6) is 5.75 Å². The number of carbonyl (C=O) groups excluding carboxylic acids is 1. The van der Waals surface area contributed by atoms with Gasteiger partial charge in [-0.1, -0.05) is 89.9 Å². The van der Waals surface area contributed by atoms with E-state index < -0.39 is 22.5 Å². The Balaban J connectivity index is 1.24. The molecular formula is C32H25Cl2N3O4S. The number of anilines is 1. The number of carbonyl (C=O) groups is 1. The normalized spacial score (nSPS) is 11.5. The Bertz CT molecular complexity index is 1840. The molecule has 0 atom stereocenters. The number of hydrazone groups is 1. The van der Waals surface area contributed by atoms with Gasteiger partial charge < -0.3 is 4.74 Å². The van der Waals surface area contributed by atoms with E-state index in [2.05, 4.69) is 28.7 Å². The number of benzene rings is 5. The van der Waals surface area contributed by atoms with Crippen molar-refractivity contribution in [3.63, 3.8) is 0 Å². The van der Waals surface area contributed by atoms with Crippen LogP contribution in [0.3, 0.4) is 0 Å². The van der Waals surface area contributed by atoms with Gasteiger partial charge in [0.15, 0.2) is 0 Å². The van der Waals surface area contributed by atoms with Crippen LogP contribution in [0.4, 0.5) is 5.69 Å². The average Bonchev–Trinajstić information content (AvgIpc) is 3.01. The fourth-order valence-corrected chi connectivity index (χ4v) is 6.18. The molecule has 0 unspecified atom stereocenters. The summed E-state index contributed by atoms with van der Waals surface area (Å²) in [7, 11) is -4.14. The van der Waals surface area contributed by atoms with Crippen molar-refractivity contribution < 1.29 is 17.9 Å². The highest BCUT2D eigenvalue weighted by Gasteiger charge is 2.29. The summed E-state index contributed by atoms with van der Waals surface area (Å²) in [4.78, 5) is 12.8. The van der Waals surface area contributed by atoms with Crippen molar-refractivity contribution >= 4 is 61.8 Å². The zero-order valence-electron chi connectivity index (χ0n) is 22.2. The van der Waals surface area contributed by atoms with Gasteiger partial charge in [0.1, 0.15) is 18.9 Å². The van der Waals surface area contributed by atoms with E-state index in [0.29, 0.717) is 17.9 Å². The maximum absolute atomic E-state index is 13.5. The van der Waals surface area contributed by atoms with Crippen molar-refractivity contribution in [2.24, 2.45) is 5.10 Å². The molecule has 0 saturated carbocycles. The van der Waals surface area contributed by atoms with Crippen LogP contribution in [0.1, 0.15) is 11.1 Å². The lowest BCUT2D eigenvalue weighted by Gasteiger charge is -2.24. The third kappa shape index (κ3) is 6.74. The maximum Gasteiger partial charge on any atom is 0.264 e. The molecule has 0 aliphatic carbocycles. The first-order valence-corrected chi connectivity index (χ1v) is 15.1. The van der Waals surface area contributed by atoms with Crippen molar-refractivity contribution in [1.29, 1.82) is 0 Å². The molecule has 5 aromatic rings. The number of fused-ring (bicyclic) bond motifs is 1. The van der Waals surface area contributed by atoms with Crippen LogP contribution in [-0.4, -0.2) is 27.1 Å². The molecule has 1 amide bonds. The second-order valence-electron chi connectivity index (χ2n) is 9.19. The Morgan fingerprint density at radius 1 is 0.833 bits per heavy atom. The molecule has 5 aromatic carbocycles. The number of hydrogen-bond donors (Lipinski definition) is 1. The fraction of sp³-hybridized carbons (Fsp3) is 0.0625. The molecule has 0 radical (unpaired) electrons. The number of sulfonamides is 1. The van der Waals surface area contributed by atoms with Crippen LogP contribution >= 0.6 is 23.2 Å². The minimum atomic E-state index is -4.14. The van der Waals surface area contributed by atoms with Gasteiger partial charge in [-0.05, 0) is 70.4 Å². The molecule has 42 heavy (non-hydrogen) atoms. The van der Waals surface area contributed by atoms with Crippen LogP contribution in [0.2, 0.25) is 10.0 Å². The first-order chi connectivity index (χ1) is 20.3. The third-order valence-electron chi connectivity index (χ3n) is 6.38. The van der Waals surface area contributed by atoms with Crippen molar-refractivity contribution in [1.82, 2.24) is 5.43 Å². The van der Waals surface area contributed by atoms with Gasteiger partial charge in [0.25, 0.3) is 15.9 Å². The van der Waals surface area contributed by atoms with E-state index in [9.17, 15) is 13.2 Å². The highest BCUT2D eigenvalue weighted by Crippen LogP contribution is 2.35. The number of halogens is 2. The number of rotatable bonds is 10. The van der Waals surface area contributed by atoms with E-state index in [1.165, 1.54) is 30.5 Å². The van der Waals surface area contributed by atoms with Crippen molar-refractivity contribution in [2.45, 2.75) is 11.5 Å². The zero-order valence-corrected chi connectivity index (χ0v) is 24.5. The van der Waals surface area contributed by atoms with Gasteiger partial charge in [-0.2, -0.15) is 5.10 Å². The Kier molecular flexibility index (Phi) is 9.07. The largest absolute Gasteiger partial charge is 0.489 e. The molecule has 0 heterocycles. The van der Waals surface area contributed by atoms with Crippen LogP contribution in [0.25, 0.3) is 10.8 Å². The third-order valence-corrected chi connectivity index (χ3v) is 8.96. The fourth-order valence-electron chi connectivity index (χ4n) is 4.28. The SMILES string of the molecule is O=C(CN(c1cccc(Cl)c1Cl)S(=O)(=O)c1ccccc1)N/N=C\c1ccc(OCc2cccc3ccccc23)cc1. The molecule has 0 aromatic heterocycles. The lowest BCUT2D eigenvalue weighted by molar-refractivity contribution is -0.119. The minimum Gasteiger partial charge on any atom is -0.489 e. The van der Waals surface area contributed by atoms with Gasteiger partial charge in [0.2, 0.25) is 0 Å². The van der Waals surface area contributed by atoms with E-state index in [-0.39, 0.29) is 20.6 Å². The molecule has 1 N–H and O–H groups in total. The molecule has 7 nitrogen and oxygen atoms in total. The summed E-state index contributed by atoms with van der Waals surface area (Å²) in [5, 5.41) is 6.47. The predicted molar refractivity (Wildman–Crippen MR) is 168 cm³/mol. The monoisotopic (exact) mass is 617 g/mol. The molecule has 5 rings (SSSR count). The summed E-state index contributed by atoms with van der Waals surface area (Å²) in [6, 6.07) is 33.8. The summed E-state index contributed by atoms with van der Waals surface area (Å²) in [5.41, 5.74) is 4.25. The van der Waals surface area contributed by atoms with Crippen LogP contribution < -0.4 is 14.5 Å². The summed E-state index contributed by atoms with van der Waals surface area (Å²) < 4.78 is 33.8. The average molecular weight is 619 g/mol. The van der Waals surface area contributed by atoms with Gasteiger partial charge in [-0.3, -0.25) is 9.10 Å². The zero-order chi connectivity index (χ0) is 29.5. The standard InChI is InChI=1S/C32H25Cl2N3O4S/c33-29-14-7-15-30(32(29)34)37(42(39,40)27-11-2-1-3-12-27)21-31(38)36-35-20-23-16-18-26(19-17-23)41-22-25-10-6-9-24-8-4-5-13-28(24)25/h1-20H,21-22H2,(H,36,38)/b35-20-. The Morgan fingerprint density at radius 3 is 2.31 bits per heavy atom. The highest BCUT2D eigenvalue weighted by molar-refractivity contribution is 7.92. The van der Waals surface area contributed by atoms with E-state index in [0.717, 1.165) is 20.6 Å². The van der Waals surface area contributed by atoms with Gasteiger partial charge in [0.05, 0.1) is 26.8 Å². The number of amides is 1. The highest BCUT2D eigenvalue weighted by atomic mass is 35.5. The molecule has 0 saturated heterocycles. The van der Waals surface area contributed by atoms with E-state index in [4.69, 9.17) is 27.9 Å². The molecule has 0 spiro atoms. The topological polar surface area (TPSA) is 88.1 Å². The number of nitrogens with one attached hydrogen (secondary N) is 1. The lowest BCUT2D eigenvalue weighted by Crippen LogP contribution is -2.39. The molecule has 212 valence electrons. The Hall–Kier alpha value is -4.37. The summed E-state index contributed by atoms with van der Waals surface area (Å²) in [6.45, 7) is -0.153. The van der Waals surface area contributed by atoms with Gasteiger partial charge in [0, 0.05) is 0 Å². The van der Waals surface area contributed by atoms with Crippen LogP contribution in [0, 0.1) is 0 Å². The smallest absolute Gasteiger partial charge is 0.264 e. The number of hydrogen-bond acceptors (Lipinski definition) is 5. The Labute approximate surface area is 254 Å². The van der Waals surface area contributed by atoms with Crippen LogP contribution in [-0.2, 0) is 21.4 Å². The summed E-state index contributed by atoms with van der Waals surface area (Å²) in [6.07, 6.45) is 1.45. The first-order valence-electron chi connectivity index (χ1n) is 12.9.